The summed E-state index contributed by atoms with van der Waals surface area (Å²) in [5.41, 5.74) is 1.68. The Labute approximate surface area is 178 Å². The van der Waals surface area contributed by atoms with Crippen molar-refractivity contribution in [3.63, 3.8) is 0 Å². The van der Waals surface area contributed by atoms with Crippen LogP contribution in [-0.2, 0) is 6.54 Å². The summed E-state index contributed by atoms with van der Waals surface area (Å²) in [5, 5.41) is 0. The number of imidazole rings is 1. The van der Waals surface area contributed by atoms with Crippen molar-refractivity contribution >= 4 is 5.91 Å². The molecule has 0 N–H and O–H groups in total. The van der Waals surface area contributed by atoms with Gasteiger partial charge in [0.15, 0.2) is 0 Å². The second-order valence-corrected chi connectivity index (χ2v) is 7.43. The number of aromatic nitrogens is 4. The first-order valence-corrected chi connectivity index (χ1v) is 9.96. The van der Waals surface area contributed by atoms with E-state index < -0.39 is 11.7 Å². The first-order chi connectivity index (χ1) is 15.0. The van der Waals surface area contributed by atoms with E-state index in [9.17, 15) is 14.4 Å². The zero-order chi connectivity index (χ0) is 22.0. The topological polar surface area (TPSA) is 78.9 Å². The van der Waals surface area contributed by atoms with E-state index in [0.717, 1.165) is 5.56 Å². The molecule has 2 aromatic carbocycles. The fraction of sp³-hybridized carbons (Fsp3) is 0.167. The minimum absolute atomic E-state index is 0.188. The lowest BCUT2D eigenvalue weighted by Gasteiger charge is -2.16. The monoisotopic (exact) mass is 414 g/mol. The van der Waals surface area contributed by atoms with Crippen molar-refractivity contribution < 1.29 is 4.79 Å². The molecule has 0 saturated carbocycles. The Morgan fingerprint density at radius 1 is 0.968 bits per heavy atom. The van der Waals surface area contributed by atoms with Crippen LogP contribution in [0.2, 0.25) is 0 Å². The lowest BCUT2D eigenvalue weighted by Crippen LogP contribution is -2.42. The Hall–Kier alpha value is -4.00. The van der Waals surface area contributed by atoms with Crippen molar-refractivity contribution in [3.05, 3.63) is 123 Å². The maximum absolute atomic E-state index is 13.1. The minimum Gasteiger partial charge on any atom is -0.291 e. The maximum Gasteiger partial charge on any atom is 0.331 e. The molecule has 4 rings (SSSR count). The molecular weight excluding hydrogens is 392 g/mol. The van der Waals surface area contributed by atoms with Gasteiger partial charge in [0, 0.05) is 23.5 Å². The normalized spacial score (nSPS) is 11.9. The van der Waals surface area contributed by atoms with Gasteiger partial charge in [0.05, 0.1) is 18.3 Å². The Bertz CT molecular complexity index is 1330. The van der Waals surface area contributed by atoms with Gasteiger partial charge < -0.3 is 0 Å². The van der Waals surface area contributed by atoms with E-state index in [1.807, 2.05) is 43.3 Å². The third-order valence-electron chi connectivity index (χ3n) is 5.25. The van der Waals surface area contributed by atoms with Gasteiger partial charge in [-0.05, 0) is 31.5 Å². The van der Waals surface area contributed by atoms with E-state index in [0.29, 0.717) is 16.8 Å². The summed E-state index contributed by atoms with van der Waals surface area (Å²) in [5.74, 6) is -0.205. The number of carbonyl (C=O) groups excluding carboxylic acids is 1. The summed E-state index contributed by atoms with van der Waals surface area (Å²) < 4.78 is 4.12. The van der Waals surface area contributed by atoms with Gasteiger partial charge in [-0.25, -0.2) is 9.78 Å². The predicted octanol–water partition coefficient (Wildman–Crippen LogP) is 2.86. The molecule has 7 heteroatoms. The molecule has 0 fully saturated rings. The number of hydrogen-bond donors (Lipinski definition) is 0. The zero-order valence-electron chi connectivity index (χ0n) is 17.3. The van der Waals surface area contributed by atoms with Crippen LogP contribution in [0.5, 0.6) is 0 Å². The SMILES string of the molecule is Cc1cn(C(C)c2cn(C(=O)c3ccccc3)cn2)c(=O)n(Cc2ccccc2)c1=O. The van der Waals surface area contributed by atoms with Gasteiger partial charge in [-0.2, -0.15) is 0 Å². The zero-order valence-corrected chi connectivity index (χ0v) is 17.3. The Morgan fingerprint density at radius 3 is 2.29 bits per heavy atom. The number of hydrogen-bond acceptors (Lipinski definition) is 4. The van der Waals surface area contributed by atoms with E-state index in [1.165, 1.54) is 20.0 Å². The Kier molecular flexibility index (Phi) is 5.49. The van der Waals surface area contributed by atoms with Crippen molar-refractivity contribution in [2.24, 2.45) is 0 Å². The second kappa shape index (κ2) is 8.39. The highest BCUT2D eigenvalue weighted by atomic mass is 16.2. The van der Waals surface area contributed by atoms with Crippen molar-refractivity contribution in [2.75, 3.05) is 0 Å². The molecule has 156 valence electrons. The quantitative estimate of drug-likeness (QED) is 0.503. The summed E-state index contributed by atoms with van der Waals surface area (Å²) in [7, 11) is 0. The fourth-order valence-electron chi connectivity index (χ4n) is 3.48. The minimum atomic E-state index is -0.460. The molecule has 0 spiro atoms. The van der Waals surface area contributed by atoms with Gasteiger partial charge in [0.25, 0.3) is 11.5 Å². The molecule has 2 heterocycles. The fourth-order valence-corrected chi connectivity index (χ4v) is 3.48. The van der Waals surface area contributed by atoms with Gasteiger partial charge in [0.1, 0.15) is 6.33 Å². The van der Waals surface area contributed by atoms with Crippen LogP contribution in [0.25, 0.3) is 0 Å². The predicted molar refractivity (Wildman–Crippen MR) is 117 cm³/mol. The second-order valence-electron chi connectivity index (χ2n) is 7.43. The van der Waals surface area contributed by atoms with Gasteiger partial charge in [-0.15, -0.1) is 0 Å². The number of benzene rings is 2. The van der Waals surface area contributed by atoms with E-state index in [2.05, 4.69) is 4.98 Å². The van der Waals surface area contributed by atoms with Gasteiger partial charge in [-0.3, -0.25) is 23.3 Å². The van der Waals surface area contributed by atoms with Crippen LogP contribution in [0.3, 0.4) is 0 Å². The standard InChI is InChI=1S/C24H22N4O3/c1-17-13-27(24(31)28(22(17)29)14-19-9-5-3-6-10-19)18(2)21-15-26(16-25-21)23(30)20-11-7-4-8-12-20/h3-13,15-16,18H,14H2,1-2H3. The lowest BCUT2D eigenvalue weighted by atomic mass is 10.2. The summed E-state index contributed by atoms with van der Waals surface area (Å²) >= 11 is 0. The number of nitrogens with zero attached hydrogens (tertiary/aromatic N) is 4. The molecule has 0 bridgehead atoms. The van der Waals surface area contributed by atoms with Gasteiger partial charge >= 0.3 is 5.69 Å². The van der Waals surface area contributed by atoms with Crippen LogP contribution in [-0.4, -0.2) is 24.6 Å². The molecule has 4 aromatic rings. The molecule has 0 aliphatic heterocycles. The van der Waals surface area contributed by atoms with Crippen molar-refractivity contribution in [3.8, 4) is 0 Å². The Balaban J connectivity index is 1.69. The third kappa shape index (κ3) is 4.02. The van der Waals surface area contributed by atoms with Crippen LogP contribution < -0.4 is 11.2 Å². The van der Waals surface area contributed by atoms with E-state index in [-0.39, 0.29) is 18.0 Å². The smallest absolute Gasteiger partial charge is 0.291 e. The highest BCUT2D eigenvalue weighted by Gasteiger charge is 2.18. The van der Waals surface area contributed by atoms with Crippen molar-refractivity contribution in [2.45, 2.75) is 26.4 Å². The molecule has 2 aromatic heterocycles. The van der Waals surface area contributed by atoms with E-state index in [4.69, 9.17) is 0 Å². The average Bonchev–Trinajstić information content (AvgIpc) is 3.30. The molecule has 0 radical (unpaired) electrons. The first-order valence-electron chi connectivity index (χ1n) is 9.96. The van der Waals surface area contributed by atoms with E-state index >= 15 is 0 Å². The van der Waals surface area contributed by atoms with Crippen molar-refractivity contribution in [1.82, 2.24) is 18.7 Å². The number of rotatable bonds is 5. The van der Waals surface area contributed by atoms with Crippen LogP contribution >= 0.6 is 0 Å². The summed E-state index contributed by atoms with van der Waals surface area (Å²) in [4.78, 5) is 42.8. The summed E-state index contributed by atoms with van der Waals surface area (Å²) in [6.07, 6.45) is 4.61. The third-order valence-corrected chi connectivity index (χ3v) is 5.25. The molecule has 7 nitrogen and oxygen atoms in total. The maximum atomic E-state index is 13.1. The molecule has 0 aliphatic rings. The summed E-state index contributed by atoms with van der Waals surface area (Å²) in [6, 6.07) is 17.8. The van der Waals surface area contributed by atoms with Crippen molar-refractivity contribution in [1.29, 1.82) is 0 Å². The molecule has 31 heavy (non-hydrogen) atoms. The number of aryl methyl sites for hydroxylation is 1. The van der Waals surface area contributed by atoms with E-state index in [1.54, 1.807) is 43.6 Å². The molecule has 0 aliphatic carbocycles. The van der Waals surface area contributed by atoms with Crippen LogP contribution in [0.4, 0.5) is 0 Å². The Morgan fingerprint density at radius 2 is 1.61 bits per heavy atom. The summed E-state index contributed by atoms with van der Waals surface area (Å²) in [6.45, 7) is 3.69. The average molecular weight is 414 g/mol. The highest BCUT2D eigenvalue weighted by Crippen LogP contribution is 2.15. The van der Waals surface area contributed by atoms with Crippen LogP contribution in [0.15, 0.2) is 89.0 Å². The molecule has 0 amide bonds. The van der Waals surface area contributed by atoms with Crippen LogP contribution in [0.1, 0.15) is 40.1 Å². The highest BCUT2D eigenvalue weighted by molar-refractivity contribution is 5.95. The molecular formula is C24H22N4O3. The van der Waals surface area contributed by atoms with Crippen LogP contribution in [0, 0.1) is 6.92 Å². The van der Waals surface area contributed by atoms with Gasteiger partial charge in [-0.1, -0.05) is 48.5 Å². The van der Waals surface area contributed by atoms with Gasteiger partial charge in [0.2, 0.25) is 0 Å². The molecule has 1 atom stereocenters. The lowest BCUT2D eigenvalue weighted by molar-refractivity contribution is 0.0959. The largest absolute Gasteiger partial charge is 0.331 e. The number of carbonyl (C=O) groups is 1. The molecule has 0 saturated heterocycles. The molecule has 1 unspecified atom stereocenters. The first kappa shape index (κ1) is 20.3.